The van der Waals surface area contributed by atoms with Crippen LogP contribution in [0.2, 0.25) is 0 Å². The van der Waals surface area contributed by atoms with Gasteiger partial charge < -0.3 is 15.4 Å². The number of nitrogens with zero attached hydrogens (tertiary/aromatic N) is 1. The summed E-state index contributed by atoms with van der Waals surface area (Å²) in [4.78, 5) is 14.3. The van der Waals surface area contributed by atoms with Gasteiger partial charge in [0, 0.05) is 24.3 Å². The summed E-state index contributed by atoms with van der Waals surface area (Å²) in [6.45, 7) is 2.90. The average molecular weight is 234 g/mol. The standard InChI is InChI=1S/C13H18N2O2/c1-9-4-3-7-15(9)13(16)11-6-5-10(14)8-12(11)17-2/h5-6,8-9H,3-4,7,14H2,1-2H3. The molecule has 1 aromatic carbocycles. The SMILES string of the molecule is COc1cc(N)ccc1C(=O)N1CCCC1C. The van der Waals surface area contributed by atoms with Gasteiger partial charge in [0.05, 0.1) is 12.7 Å². The van der Waals surface area contributed by atoms with Crippen molar-refractivity contribution in [1.29, 1.82) is 0 Å². The third kappa shape index (κ3) is 2.20. The molecule has 0 aliphatic carbocycles. The molecule has 1 unspecified atom stereocenters. The van der Waals surface area contributed by atoms with Crippen LogP contribution >= 0.6 is 0 Å². The highest BCUT2D eigenvalue weighted by atomic mass is 16.5. The van der Waals surface area contributed by atoms with Crippen LogP contribution in [0.5, 0.6) is 5.75 Å². The number of benzene rings is 1. The molecule has 4 nitrogen and oxygen atoms in total. The Morgan fingerprint density at radius 2 is 2.29 bits per heavy atom. The van der Waals surface area contributed by atoms with Crippen LogP contribution in [-0.2, 0) is 0 Å². The zero-order valence-electron chi connectivity index (χ0n) is 10.3. The van der Waals surface area contributed by atoms with Crippen LogP contribution in [0, 0.1) is 0 Å². The summed E-state index contributed by atoms with van der Waals surface area (Å²) >= 11 is 0. The number of likely N-dealkylation sites (tertiary alicyclic amines) is 1. The molecule has 1 aliphatic rings. The second-order valence-electron chi connectivity index (χ2n) is 4.45. The van der Waals surface area contributed by atoms with Crippen molar-refractivity contribution in [1.82, 2.24) is 4.90 Å². The Labute approximate surface area is 101 Å². The van der Waals surface area contributed by atoms with Crippen LogP contribution in [0.1, 0.15) is 30.1 Å². The lowest BCUT2D eigenvalue weighted by molar-refractivity contribution is 0.0744. The molecule has 1 atom stereocenters. The molecule has 2 rings (SSSR count). The number of hydrogen-bond donors (Lipinski definition) is 1. The number of methoxy groups -OCH3 is 1. The second kappa shape index (κ2) is 4.65. The summed E-state index contributed by atoms with van der Waals surface area (Å²) in [7, 11) is 1.55. The lowest BCUT2D eigenvalue weighted by atomic mass is 10.1. The Bertz CT molecular complexity index is 431. The van der Waals surface area contributed by atoms with E-state index in [0.717, 1.165) is 19.4 Å². The summed E-state index contributed by atoms with van der Waals surface area (Å²) in [5, 5.41) is 0. The van der Waals surface area contributed by atoms with Gasteiger partial charge in [0.15, 0.2) is 0 Å². The molecule has 1 heterocycles. The van der Waals surface area contributed by atoms with Crippen LogP contribution in [0.15, 0.2) is 18.2 Å². The van der Waals surface area contributed by atoms with Crippen LogP contribution in [0.3, 0.4) is 0 Å². The van der Waals surface area contributed by atoms with E-state index in [1.807, 2.05) is 4.90 Å². The zero-order valence-corrected chi connectivity index (χ0v) is 10.3. The minimum absolute atomic E-state index is 0.0341. The van der Waals surface area contributed by atoms with Crippen LogP contribution in [0.25, 0.3) is 0 Å². The van der Waals surface area contributed by atoms with Crippen molar-refractivity contribution in [2.24, 2.45) is 0 Å². The number of amides is 1. The van der Waals surface area contributed by atoms with Gasteiger partial charge in [-0.3, -0.25) is 4.79 Å². The highest BCUT2D eigenvalue weighted by Crippen LogP contribution is 2.26. The van der Waals surface area contributed by atoms with Crippen LogP contribution < -0.4 is 10.5 Å². The van der Waals surface area contributed by atoms with Gasteiger partial charge in [-0.1, -0.05) is 0 Å². The summed E-state index contributed by atoms with van der Waals surface area (Å²) in [5.41, 5.74) is 6.88. The smallest absolute Gasteiger partial charge is 0.257 e. The topological polar surface area (TPSA) is 55.6 Å². The Morgan fingerprint density at radius 3 is 2.88 bits per heavy atom. The molecule has 0 spiro atoms. The van der Waals surface area contributed by atoms with Crippen molar-refractivity contribution in [2.45, 2.75) is 25.8 Å². The molecular weight excluding hydrogens is 216 g/mol. The normalized spacial score (nSPS) is 19.4. The maximum Gasteiger partial charge on any atom is 0.257 e. The maximum absolute atomic E-state index is 12.4. The van der Waals surface area contributed by atoms with E-state index in [1.54, 1.807) is 25.3 Å². The number of hydrogen-bond acceptors (Lipinski definition) is 3. The number of carbonyl (C=O) groups excluding carboxylic acids is 1. The molecule has 1 aliphatic heterocycles. The Balaban J connectivity index is 2.30. The highest BCUT2D eigenvalue weighted by molar-refractivity contribution is 5.97. The van der Waals surface area contributed by atoms with E-state index in [1.165, 1.54) is 0 Å². The molecule has 4 heteroatoms. The minimum atomic E-state index is 0.0341. The molecule has 1 amide bonds. The Hall–Kier alpha value is -1.71. The summed E-state index contributed by atoms with van der Waals surface area (Å²) in [6.07, 6.45) is 2.15. The molecule has 1 saturated heterocycles. The van der Waals surface area contributed by atoms with Crippen molar-refractivity contribution in [3.8, 4) is 5.75 Å². The number of nitrogens with two attached hydrogens (primary N) is 1. The van der Waals surface area contributed by atoms with Gasteiger partial charge in [-0.25, -0.2) is 0 Å². The predicted octanol–water partition coefficient (Wildman–Crippen LogP) is 1.90. The fourth-order valence-electron chi connectivity index (χ4n) is 2.27. The molecule has 17 heavy (non-hydrogen) atoms. The van der Waals surface area contributed by atoms with Crippen molar-refractivity contribution in [3.63, 3.8) is 0 Å². The number of anilines is 1. The van der Waals surface area contributed by atoms with Gasteiger partial charge in [-0.2, -0.15) is 0 Å². The first-order valence-electron chi connectivity index (χ1n) is 5.88. The van der Waals surface area contributed by atoms with Crippen molar-refractivity contribution >= 4 is 11.6 Å². The first-order chi connectivity index (χ1) is 8.13. The molecule has 0 saturated carbocycles. The monoisotopic (exact) mass is 234 g/mol. The van der Waals surface area contributed by atoms with E-state index in [2.05, 4.69) is 6.92 Å². The van der Waals surface area contributed by atoms with E-state index >= 15 is 0 Å². The number of ether oxygens (including phenoxy) is 1. The van der Waals surface area contributed by atoms with Gasteiger partial charge in [0.2, 0.25) is 0 Å². The molecular formula is C13H18N2O2. The highest BCUT2D eigenvalue weighted by Gasteiger charge is 2.27. The summed E-state index contributed by atoms with van der Waals surface area (Å²) in [6, 6.07) is 5.47. The lowest BCUT2D eigenvalue weighted by Crippen LogP contribution is -2.33. The van der Waals surface area contributed by atoms with Crippen molar-refractivity contribution in [3.05, 3.63) is 23.8 Å². The van der Waals surface area contributed by atoms with Gasteiger partial charge >= 0.3 is 0 Å². The third-order valence-electron chi connectivity index (χ3n) is 3.27. The number of nitrogen functional groups attached to an aromatic ring is 1. The molecule has 2 N–H and O–H groups in total. The molecule has 1 aromatic rings. The van der Waals surface area contributed by atoms with Crippen molar-refractivity contribution in [2.75, 3.05) is 19.4 Å². The number of rotatable bonds is 2. The number of carbonyl (C=O) groups is 1. The fraction of sp³-hybridized carbons (Fsp3) is 0.462. The van der Waals surface area contributed by atoms with Crippen molar-refractivity contribution < 1.29 is 9.53 Å². The quantitative estimate of drug-likeness (QED) is 0.795. The Morgan fingerprint density at radius 1 is 1.53 bits per heavy atom. The second-order valence-corrected chi connectivity index (χ2v) is 4.45. The van der Waals surface area contributed by atoms with Gasteiger partial charge in [0.25, 0.3) is 5.91 Å². The molecule has 0 radical (unpaired) electrons. The lowest BCUT2D eigenvalue weighted by Gasteiger charge is -2.22. The predicted molar refractivity (Wildman–Crippen MR) is 67.1 cm³/mol. The third-order valence-corrected chi connectivity index (χ3v) is 3.27. The molecule has 92 valence electrons. The summed E-state index contributed by atoms with van der Waals surface area (Å²) < 4.78 is 5.21. The van der Waals surface area contributed by atoms with E-state index in [-0.39, 0.29) is 5.91 Å². The van der Waals surface area contributed by atoms with E-state index in [9.17, 15) is 4.79 Å². The van der Waals surface area contributed by atoms with Crippen LogP contribution in [0.4, 0.5) is 5.69 Å². The molecule has 0 aromatic heterocycles. The Kier molecular flexibility index (Phi) is 3.22. The first kappa shape index (κ1) is 11.8. The molecule has 1 fully saturated rings. The van der Waals surface area contributed by atoms with E-state index in [0.29, 0.717) is 23.0 Å². The largest absolute Gasteiger partial charge is 0.496 e. The van der Waals surface area contributed by atoms with Gasteiger partial charge in [-0.05, 0) is 31.9 Å². The molecule has 0 bridgehead atoms. The minimum Gasteiger partial charge on any atom is -0.496 e. The van der Waals surface area contributed by atoms with Gasteiger partial charge in [-0.15, -0.1) is 0 Å². The van der Waals surface area contributed by atoms with E-state index in [4.69, 9.17) is 10.5 Å². The first-order valence-corrected chi connectivity index (χ1v) is 5.88. The van der Waals surface area contributed by atoms with Crippen LogP contribution in [-0.4, -0.2) is 30.5 Å². The van der Waals surface area contributed by atoms with E-state index < -0.39 is 0 Å². The fourth-order valence-corrected chi connectivity index (χ4v) is 2.27. The summed E-state index contributed by atoms with van der Waals surface area (Å²) in [5.74, 6) is 0.584. The zero-order chi connectivity index (χ0) is 12.4. The van der Waals surface area contributed by atoms with Gasteiger partial charge in [0.1, 0.15) is 5.75 Å². The maximum atomic E-state index is 12.4. The average Bonchev–Trinajstić information content (AvgIpc) is 2.74.